The number of esters is 1. The Balaban J connectivity index is 1.29. The van der Waals surface area contributed by atoms with Crippen LogP contribution in [0.15, 0.2) is 103 Å². The summed E-state index contributed by atoms with van der Waals surface area (Å²) in [5.41, 5.74) is 5.59. The van der Waals surface area contributed by atoms with Gasteiger partial charge >= 0.3 is 12.1 Å². The van der Waals surface area contributed by atoms with Gasteiger partial charge in [0.1, 0.15) is 18.7 Å². The molecule has 4 aromatic carbocycles. The van der Waals surface area contributed by atoms with Gasteiger partial charge in [-0.3, -0.25) is 14.9 Å². The van der Waals surface area contributed by atoms with E-state index in [1.54, 1.807) is 0 Å². The lowest BCUT2D eigenvalue weighted by Crippen LogP contribution is -2.53. The quantitative estimate of drug-likeness (QED) is 0.143. The monoisotopic (exact) mass is 593 g/mol. The molecule has 224 valence electrons. The number of fused-ring (bicyclic) bond motifs is 3. The molecule has 0 unspecified atom stereocenters. The van der Waals surface area contributed by atoms with Crippen molar-refractivity contribution in [2.75, 3.05) is 13.7 Å². The van der Waals surface area contributed by atoms with E-state index in [4.69, 9.17) is 9.47 Å². The van der Waals surface area contributed by atoms with E-state index in [1.807, 2.05) is 78.9 Å². The predicted molar refractivity (Wildman–Crippen MR) is 163 cm³/mol. The lowest BCUT2D eigenvalue weighted by Gasteiger charge is -2.23. The van der Waals surface area contributed by atoms with E-state index in [0.717, 1.165) is 27.8 Å². The van der Waals surface area contributed by atoms with Gasteiger partial charge in [0.2, 0.25) is 5.91 Å². The first-order chi connectivity index (χ1) is 21.3. The second-order valence-electron chi connectivity index (χ2n) is 10.4. The Labute approximate surface area is 254 Å². The first kappa shape index (κ1) is 30.0. The molecule has 10 nitrogen and oxygen atoms in total. The number of ether oxygens (including phenoxy) is 2. The normalized spacial score (nSPS) is 13.1. The summed E-state index contributed by atoms with van der Waals surface area (Å²) in [5.74, 6) is -1.46. The van der Waals surface area contributed by atoms with Crippen molar-refractivity contribution in [3.63, 3.8) is 0 Å². The van der Waals surface area contributed by atoms with E-state index >= 15 is 0 Å². The Bertz CT molecular complexity index is 1610. The molecule has 0 aliphatic heterocycles. The van der Waals surface area contributed by atoms with Crippen LogP contribution in [0.1, 0.15) is 28.2 Å². The Kier molecular flexibility index (Phi) is 9.29. The van der Waals surface area contributed by atoms with Crippen LogP contribution in [0.2, 0.25) is 0 Å². The molecule has 5 rings (SSSR count). The van der Waals surface area contributed by atoms with E-state index in [1.165, 1.54) is 31.4 Å². The largest absolute Gasteiger partial charge is 0.467 e. The van der Waals surface area contributed by atoms with Gasteiger partial charge in [-0.05, 0) is 33.4 Å². The van der Waals surface area contributed by atoms with Crippen molar-refractivity contribution in [1.82, 2.24) is 10.6 Å². The molecule has 0 aromatic heterocycles. The van der Waals surface area contributed by atoms with Gasteiger partial charge in [-0.2, -0.15) is 0 Å². The van der Waals surface area contributed by atoms with Crippen molar-refractivity contribution in [2.45, 2.75) is 30.8 Å². The third kappa shape index (κ3) is 6.92. The molecule has 10 heteroatoms. The minimum absolute atomic E-state index is 0.0272. The highest BCUT2D eigenvalue weighted by atomic mass is 16.6. The van der Waals surface area contributed by atoms with Crippen LogP contribution in [0.4, 0.5) is 10.5 Å². The van der Waals surface area contributed by atoms with Gasteiger partial charge in [-0.15, -0.1) is 0 Å². The lowest BCUT2D eigenvalue weighted by atomic mass is 9.98. The number of nitro benzene ring substituents is 1. The number of nitrogens with one attached hydrogen (secondary N) is 2. The summed E-state index contributed by atoms with van der Waals surface area (Å²) in [7, 11) is 1.20. The molecule has 0 saturated heterocycles. The van der Waals surface area contributed by atoms with Gasteiger partial charge < -0.3 is 20.1 Å². The summed E-state index contributed by atoms with van der Waals surface area (Å²) >= 11 is 0. The summed E-state index contributed by atoms with van der Waals surface area (Å²) in [4.78, 5) is 49.8. The van der Waals surface area contributed by atoms with Gasteiger partial charge in [0.15, 0.2) is 0 Å². The third-order valence-electron chi connectivity index (χ3n) is 7.62. The number of hydrogen-bond acceptors (Lipinski definition) is 7. The molecular weight excluding hydrogens is 562 g/mol. The molecule has 2 atom stereocenters. The molecule has 0 bridgehead atoms. The standard InChI is InChI=1S/C34H31N3O7/c1-43-33(39)31(20-23-15-17-24(18-16-23)37(41)42)35-32(38)30(19-22-9-3-2-4-10-22)36-34(40)44-21-29-27-13-7-5-11-25(27)26-12-6-8-14-28(26)29/h2-18,29-31H,19-21H2,1H3,(H,35,38)(H,36,40)/t30-,31-/m0/s1. The fourth-order valence-corrected chi connectivity index (χ4v) is 5.44. The molecule has 0 fully saturated rings. The topological polar surface area (TPSA) is 137 Å². The fraction of sp³-hybridized carbons (Fsp3) is 0.206. The molecule has 2 amide bonds. The van der Waals surface area contributed by atoms with Gasteiger partial charge in [-0.1, -0.05) is 91.0 Å². The van der Waals surface area contributed by atoms with E-state index < -0.39 is 35.0 Å². The van der Waals surface area contributed by atoms with Crippen LogP contribution in [-0.2, 0) is 31.9 Å². The summed E-state index contributed by atoms with van der Waals surface area (Å²) < 4.78 is 10.6. The summed E-state index contributed by atoms with van der Waals surface area (Å²) in [6, 6.07) is 28.6. The number of carbonyl (C=O) groups excluding carboxylic acids is 3. The second-order valence-corrected chi connectivity index (χ2v) is 10.4. The number of amides is 2. The van der Waals surface area contributed by atoms with Crippen LogP contribution < -0.4 is 10.6 Å². The second kappa shape index (κ2) is 13.6. The smallest absolute Gasteiger partial charge is 0.407 e. The van der Waals surface area contributed by atoms with Gasteiger partial charge in [0, 0.05) is 30.9 Å². The average Bonchev–Trinajstić information content (AvgIpc) is 3.37. The van der Waals surface area contributed by atoms with E-state index in [2.05, 4.69) is 10.6 Å². The molecule has 0 radical (unpaired) electrons. The molecule has 0 spiro atoms. The highest BCUT2D eigenvalue weighted by Crippen LogP contribution is 2.44. The zero-order valence-electron chi connectivity index (χ0n) is 24.0. The van der Waals surface area contributed by atoms with Crippen molar-refractivity contribution < 1.29 is 28.8 Å². The first-order valence-corrected chi connectivity index (χ1v) is 14.1. The van der Waals surface area contributed by atoms with Crippen LogP contribution in [-0.4, -0.2) is 48.7 Å². The van der Waals surface area contributed by atoms with Crippen molar-refractivity contribution in [1.29, 1.82) is 0 Å². The van der Waals surface area contributed by atoms with Crippen LogP contribution in [0.3, 0.4) is 0 Å². The predicted octanol–water partition coefficient (Wildman–Crippen LogP) is 4.95. The van der Waals surface area contributed by atoms with Crippen molar-refractivity contribution in [3.05, 3.63) is 135 Å². The molecule has 2 N–H and O–H groups in total. The van der Waals surface area contributed by atoms with Gasteiger partial charge in [0.05, 0.1) is 12.0 Å². The van der Waals surface area contributed by atoms with E-state index in [-0.39, 0.29) is 31.1 Å². The zero-order chi connectivity index (χ0) is 31.1. The first-order valence-electron chi connectivity index (χ1n) is 14.1. The number of hydrogen-bond donors (Lipinski definition) is 2. The van der Waals surface area contributed by atoms with Crippen molar-refractivity contribution >= 4 is 23.7 Å². The Morgan fingerprint density at radius 2 is 1.30 bits per heavy atom. The number of non-ortho nitro benzene ring substituents is 1. The van der Waals surface area contributed by atoms with Crippen LogP contribution in [0, 0.1) is 10.1 Å². The van der Waals surface area contributed by atoms with Gasteiger partial charge in [0.25, 0.3) is 5.69 Å². The van der Waals surface area contributed by atoms with Crippen molar-refractivity contribution in [3.8, 4) is 11.1 Å². The Hall–Kier alpha value is -5.51. The minimum atomic E-state index is -1.10. The fourth-order valence-electron chi connectivity index (χ4n) is 5.44. The highest BCUT2D eigenvalue weighted by molar-refractivity contribution is 5.90. The lowest BCUT2D eigenvalue weighted by molar-refractivity contribution is -0.384. The summed E-state index contributed by atoms with van der Waals surface area (Å²) in [5, 5.41) is 16.4. The number of rotatable bonds is 11. The number of nitrogens with zero attached hydrogens (tertiary/aromatic N) is 1. The third-order valence-corrected chi connectivity index (χ3v) is 7.62. The number of benzene rings is 4. The average molecular weight is 594 g/mol. The van der Waals surface area contributed by atoms with Crippen LogP contribution in [0.5, 0.6) is 0 Å². The van der Waals surface area contributed by atoms with E-state index in [9.17, 15) is 24.5 Å². The Morgan fingerprint density at radius 3 is 1.89 bits per heavy atom. The molecule has 1 aliphatic carbocycles. The van der Waals surface area contributed by atoms with Crippen LogP contribution >= 0.6 is 0 Å². The summed E-state index contributed by atoms with van der Waals surface area (Å²) in [6.07, 6.45) is -0.602. The molecule has 4 aromatic rings. The number of methoxy groups -OCH3 is 1. The molecular formula is C34H31N3O7. The van der Waals surface area contributed by atoms with Crippen LogP contribution in [0.25, 0.3) is 11.1 Å². The maximum Gasteiger partial charge on any atom is 0.407 e. The SMILES string of the molecule is COC(=O)[C@H](Cc1ccc([N+](=O)[O-])cc1)NC(=O)[C@H](Cc1ccccc1)NC(=O)OCC1c2ccccc2-c2ccccc21. The Morgan fingerprint density at radius 1 is 0.750 bits per heavy atom. The molecule has 44 heavy (non-hydrogen) atoms. The maximum absolute atomic E-state index is 13.6. The van der Waals surface area contributed by atoms with Crippen molar-refractivity contribution in [2.24, 2.45) is 0 Å². The number of nitro groups is 1. The molecule has 0 saturated carbocycles. The van der Waals surface area contributed by atoms with E-state index in [0.29, 0.717) is 5.56 Å². The minimum Gasteiger partial charge on any atom is -0.467 e. The zero-order valence-corrected chi connectivity index (χ0v) is 24.0. The summed E-state index contributed by atoms with van der Waals surface area (Å²) in [6.45, 7) is 0.0739. The maximum atomic E-state index is 13.6. The van der Waals surface area contributed by atoms with Gasteiger partial charge in [-0.25, -0.2) is 9.59 Å². The molecule has 0 heterocycles. The highest BCUT2D eigenvalue weighted by Gasteiger charge is 2.31. The molecule has 1 aliphatic rings. The number of carbonyl (C=O) groups is 3. The number of alkyl carbamates (subject to hydrolysis) is 1.